The SMILES string of the molecule is O=C(NCC(=O)N1CC[C@H]2CCCC[C@@H]2C1)c1ccccc1F. The molecule has 1 N–H and O–H groups in total. The summed E-state index contributed by atoms with van der Waals surface area (Å²) in [5.41, 5.74) is -0.0220. The Bertz CT molecular complexity index is 590. The molecule has 124 valence electrons. The monoisotopic (exact) mass is 318 g/mol. The third-order valence-corrected chi connectivity index (χ3v) is 5.16. The van der Waals surface area contributed by atoms with Gasteiger partial charge in [-0.15, -0.1) is 0 Å². The van der Waals surface area contributed by atoms with Gasteiger partial charge in [-0.3, -0.25) is 9.59 Å². The van der Waals surface area contributed by atoms with E-state index in [1.807, 2.05) is 4.90 Å². The molecular formula is C18H23FN2O2. The summed E-state index contributed by atoms with van der Waals surface area (Å²) >= 11 is 0. The summed E-state index contributed by atoms with van der Waals surface area (Å²) in [6, 6.07) is 5.80. The molecular weight excluding hydrogens is 295 g/mol. The summed E-state index contributed by atoms with van der Waals surface area (Å²) in [5, 5.41) is 2.54. The van der Waals surface area contributed by atoms with Crippen molar-refractivity contribution in [3.8, 4) is 0 Å². The van der Waals surface area contributed by atoms with E-state index in [4.69, 9.17) is 0 Å². The molecule has 2 fully saturated rings. The van der Waals surface area contributed by atoms with E-state index in [1.54, 1.807) is 6.07 Å². The van der Waals surface area contributed by atoms with Crippen LogP contribution in [0.15, 0.2) is 24.3 Å². The van der Waals surface area contributed by atoms with Crippen LogP contribution in [0.25, 0.3) is 0 Å². The van der Waals surface area contributed by atoms with Gasteiger partial charge in [0.1, 0.15) is 5.82 Å². The van der Waals surface area contributed by atoms with Crippen molar-refractivity contribution in [2.45, 2.75) is 32.1 Å². The Hall–Kier alpha value is -1.91. The number of likely N-dealkylation sites (tertiary alicyclic amines) is 1. The number of halogens is 1. The minimum absolute atomic E-state index is 0.0220. The van der Waals surface area contributed by atoms with E-state index in [1.165, 1.54) is 43.9 Å². The van der Waals surface area contributed by atoms with E-state index >= 15 is 0 Å². The van der Waals surface area contributed by atoms with Gasteiger partial charge in [0.15, 0.2) is 0 Å². The molecule has 3 rings (SSSR count). The fourth-order valence-corrected chi connectivity index (χ4v) is 3.84. The van der Waals surface area contributed by atoms with Crippen LogP contribution in [0.3, 0.4) is 0 Å². The number of rotatable bonds is 3. The Morgan fingerprint density at radius 3 is 2.65 bits per heavy atom. The topological polar surface area (TPSA) is 49.4 Å². The fraction of sp³-hybridized carbons (Fsp3) is 0.556. The maximum absolute atomic E-state index is 13.5. The van der Waals surface area contributed by atoms with Gasteiger partial charge in [-0.1, -0.05) is 31.4 Å². The van der Waals surface area contributed by atoms with Crippen LogP contribution < -0.4 is 5.32 Å². The van der Waals surface area contributed by atoms with Crippen LogP contribution in [0.4, 0.5) is 4.39 Å². The fourth-order valence-electron chi connectivity index (χ4n) is 3.84. The Labute approximate surface area is 136 Å². The second-order valence-electron chi connectivity index (χ2n) is 6.60. The first-order chi connectivity index (χ1) is 11.1. The zero-order chi connectivity index (χ0) is 16.2. The van der Waals surface area contributed by atoms with E-state index in [0.717, 1.165) is 25.4 Å². The third-order valence-electron chi connectivity index (χ3n) is 5.16. The summed E-state index contributed by atoms with van der Waals surface area (Å²) in [7, 11) is 0. The molecule has 1 aliphatic carbocycles. The Morgan fingerprint density at radius 2 is 1.87 bits per heavy atom. The van der Waals surface area contributed by atoms with Crippen LogP contribution in [0.1, 0.15) is 42.5 Å². The van der Waals surface area contributed by atoms with Crippen LogP contribution in [-0.4, -0.2) is 36.3 Å². The lowest BCUT2D eigenvalue weighted by Crippen LogP contribution is -2.48. The third kappa shape index (κ3) is 3.71. The van der Waals surface area contributed by atoms with Crippen LogP contribution >= 0.6 is 0 Å². The minimum atomic E-state index is -0.569. The van der Waals surface area contributed by atoms with E-state index in [9.17, 15) is 14.0 Å². The van der Waals surface area contributed by atoms with Crippen LogP contribution in [0.5, 0.6) is 0 Å². The van der Waals surface area contributed by atoms with Crippen molar-refractivity contribution in [3.05, 3.63) is 35.6 Å². The molecule has 0 unspecified atom stereocenters. The summed E-state index contributed by atoms with van der Waals surface area (Å²) in [6.07, 6.45) is 6.13. The number of carbonyl (C=O) groups is 2. The second kappa shape index (κ2) is 7.11. The van der Waals surface area contributed by atoms with Crippen LogP contribution in [0.2, 0.25) is 0 Å². The lowest BCUT2D eigenvalue weighted by atomic mass is 9.75. The number of piperidine rings is 1. The first-order valence-electron chi connectivity index (χ1n) is 8.45. The molecule has 0 aromatic heterocycles. The molecule has 1 saturated carbocycles. The quantitative estimate of drug-likeness (QED) is 0.931. The van der Waals surface area contributed by atoms with E-state index in [-0.39, 0.29) is 18.0 Å². The first-order valence-corrected chi connectivity index (χ1v) is 8.45. The molecule has 1 heterocycles. The molecule has 1 aromatic carbocycles. The van der Waals surface area contributed by atoms with Gasteiger partial charge in [0.25, 0.3) is 5.91 Å². The molecule has 23 heavy (non-hydrogen) atoms. The largest absolute Gasteiger partial charge is 0.343 e. The molecule has 0 radical (unpaired) electrons. The normalized spacial score (nSPS) is 24.0. The van der Waals surface area contributed by atoms with Gasteiger partial charge in [-0.05, 0) is 36.8 Å². The second-order valence-corrected chi connectivity index (χ2v) is 6.60. The highest BCUT2D eigenvalue weighted by Gasteiger charge is 2.32. The molecule has 2 aliphatic rings. The van der Waals surface area contributed by atoms with E-state index in [2.05, 4.69) is 5.32 Å². The first kappa shape index (κ1) is 16.0. The summed E-state index contributed by atoms with van der Waals surface area (Å²) in [5.74, 6) is 0.202. The highest BCUT2D eigenvalue weighted by molar-refractivity contribution is 5.96. The van der Waals surface area contributed by atoms with Crippen molar-refractivity contribution >= 4 is 11.8 Å². The number of carbonyl (C=O) groups excluding carboxylic acids is 2. The minimum Gasteiger partial charge on any atom is -0.343 e. The average molecular weight is 318 g/mol. The molecule has 5 heteroatoms. The molecule has 2 atom stereocenters. The number of nitrogens with one attached hydrogen (secondary N) is 1. The number of nitrogens with zero attached hydrogens (tertiary/aromatic N) is 1. The highest BCUT2D eigenvalue weighted by atomic mass is 19.1. The van der Waals surface area contributed by atoms with Gasteiger partial charge >= 0.3 is 0 Å². The Morgan fingerprint density at radius 1 is 1.13 bits per heavy atom. The van der Waals surface area contributed by atoms with Gasteiger partial charge in [-0.2, -0.15) is 0 Å². The molecule has 1 saturated heterocycles. The summed E-state index contributed by atoms with van der Waals surface area (Å²) < 4.78 is 13.5. The standard InChI is InChI=1S/C18H23FN2O2/c19-16-8-4-3-7-15(16)18(23)20-11-17(22)21-10-9-13-5-1-2-6-14(13)12-21/h3-4,7-8,13-14H,1-2,5-6,9-12H2,(H,20,23)/t13-,14-/m1/s1. The van der Waals surface area contributed by atoms with Crippen molar-refractivity contribution in [1.29, 1.82) is 0 Å². The van der Waals surface area contributed by atoms with Crippen LogP contribution in [0, 0.1) is 17.7 Å². The summed E-state index contributed by atoms with van der Waals surface area (Å²) in [4.78, 5) is 26.1. The number of benzene rings is 1. The number of amides is 2. The van der Waals surface area contributed by atoms with Crippen molar-refractivity contribution in [2.75, 3.05) is 19.6 Å². The van der Waals surface area contributed by atoms with Gasteiger partial charge < -0.3 is 10.2 Å². The van der Waals surface area contributed by atoms with Crippen LogP contribution in [-0.2, 0) is 4.79 Å². The van der Waals surface area contributed by atoms with Crippen molar-refractivity contribution < 1.29 is 14.0 Å². The molecule has 4 nitrogen and oxygen atoms in total. The molecule has 2 amide bonds. The molecule has 1 aliphatic heterocycles. The molecule has 1 aromatic rings. The summed E-state index contributed by atoms with van der Waals surface area (Å²) in [6.45, 7) is 1.51. The molecule has 0 spiro atoms. The Kier molecular flexibility index (Phi) is 4.94. The Balaban J connectivity index is 1.51. The number of fused-ring (bicyclic) bond motifs is 1. The zero-order valence-corrected chi connectivity index (χ0v) is 13.3. The number of hydrogen-bond donors (Lipinski definition) is 1. The smallest absolute Gasteiger partial charge is 0.254 e. The van der Waals surface area contributed by atoms with Crippen molar-refractivity contribution in [1.82, 2.24) is 10.2 Å². The van der Waals surface area contributed by atoms with Crippen molar-refractivity contribution in [3.63, 3.8) is 0 Å². The zero-order valence-electron chi connectivity index (χ0n) is 13.3. The van der Waals surface area contributed by atoms with E-state index in [0.29, 0.717) is 5.92 Å². The van der Waals surface area contributed by atoms with Gasteiger partial charge in [0.05, 0.1) is 12.1 Å². The van der Waals surface area contributed by atoms with Gasteiger partial charge in [0.2, 0.25) is 5.91 Å². The average Bonchev–Trinajstić information content (AvgIpc) is 2.59. The lowest BCUT2D eigenvalue weighted by Gasteiger charge is -2.41. The lowest BCUT2D eigenvalue weighted by molar-refractivity contribution is -0.133. The van der Waals surface area contributed by atoms with Gasteiger partial charge in [0, 0.05) is 13.1 Å². The maximum Gasteiger partial charge on any atom is 0.254 e. The van der Waals surface area contributed by atoms with Gasteiger partial charge in [-0.25, -0.2) is 4.39 Å². The maximum atomic E-state index is 13.5. The predicted molar refractivity (Wildman–Crippen MR) is 85.4 cm³/mol. The van der Waals surface area contributed by atoms with Crippen molar-refractivity contribution in [2.24, 2.45) is 11.8 Å². The number of hydrogen-bond acceptors (Lipinski definition) is 2. The molecule has 0 bridgehead atoms. The highest BCUT2D eigenvalue weighted by Crippen LogP contribution is 2.35. The van der Waals surface area contributed by atoms with E-state index < -0.39 is 11.7 Å². The predicted octanol–water partition coefficient (Wildman–Crippen LogP) is 2.59.